The van der Waals surface area contributed by atoms with Crippen molar-refractivity contribution in [3.05, 3.63) is 80.5 Å². The summed E-state index contributed by atoms with van der Waals surface area (Å²) < 4.78 is 15.4. The quantitative estimate of drug-likeness (QED) is 0.337. The maximum atomic E-state index is 13.7. The zero-order valence-corrected chi connectivity index (χ0v) is 19.8. The fourth-order valence-corrected chi connectivity index (χ4v) is 4.67. The first-order valence-electron chi connectivity index (χ1n) is 10.2. The van der Waals surface area contributed by atoms with Crippen molar-refractivity contribution in [1.29, 1.82) is 0 Å². The molecule has 0 aliphatic rings. The van der Waals surface area contributed by atoms with E-state index in [4.69, 9.17) is 23.2 Å². The van der Waals surface area contributed by atoms with Crippen LogP contribution in [0.25, 0.3) is 15.9 Å². The SMILES string of the molecule is CCc1nn(-c2ccc(Cl)c(Cl)c2)c2sc(C(=O)NCCNC(=O)c3ccccc3F)cc12. The van der Waals surface area contributed by atoms with Crippen molar-refractivity contribution in [2.45, 2.75) is 13.3 Å². The van der Waals surface area contributed by atoms with Crippen LogP contribution in [0.15, 0.2) is 48.5 Å². The summed E-state index contributed by atoms with van der Waals surface area (Å²) in [6.45, 7) is 2.37. The summed E-state index contributed by atoms with van der Waals surface area (Å²) in [5, 5.41) is 11.8. The molecule has 2 aromatic heterocycles. The van der Waals surface area contributed by atoms with Gasteiger partial charge in [-0.05, 0) is 42.8 Å². The molecule has 0 bridgehead atoms. The monoisotopic (exact) mass is 504 g/mol. The molecule has 170 valence electrons. The molecule has 2 amide bonds. The highest BCUT2D eigenvalue weighted by molar-refractivity contribution is 7.20. The fraction of sp³-hybridized carbons (Fsp3) is 0.174. The molecule has 0 spiro atoms. The molecule has 0 fully saturated rings. The smallest absolute Gasteiger partial charge is 0.261 e. The summed E-state index contributed by atoms with van der Waals surface area (Å²) in [4.78, 5) is 26.1. The molecule has 0 saturated carbocycles. The Morgan fingerprint density at radius 2 is 1.76 bits per heavy atom. The lowest BCUT2D eigenvalue weighted by Crippen LogP contribution is -2.34. The number of carbonyl (C=O) groups excluding carboxylic acids is 2. The number of hydrogen-bond acceptors (Lipinski definition) is 4. The van der Waals surface area contributed by atoms with Crippen LogP contribution >= 0.6 is 34.5 Å². The number of halogens is 3. The number of fused-ring (bicyclic) bond motifs is 1. The second-order valence-electron chi connectivity index (χ2n) is 7.13. The molecule has 2 N–H and O–H groups in total. The second-order valence-corrected chi connectivity index (χ2v) is 8.98. The van der Waals surface area contributed by atoms with E-state index in [1.54, 1.807) is 22.9 Å². The highest BCUT2D eigenvalue weighted by Crippen LogP contribution is 2.32. The van der Waals surface area contributed by atoms with Crippen LogP contribution in [0.2, 0.25) is 10.0 Å². The molecule has 0 aliphatic carbocycles. The van der Waals surface area contributed by atoms with Crippen LogP contribution in [0.3, 0.4) is 0 Å². The number of thiophene rings is 1. The standard InChI is InChI=1S/C23H19Cl2FN4O2S/c1-2-19-15-12-20(33-23(15)30(29-19)13-7-8-16(24)17(25)11-13)22(32)28-10-9-27-21(31)14-5-3-4-6-18(14)26/h3-8,11-12H,2,9-10H2,1H3,(H,27,31)(H,28,32). The van der Waals surface area contributed by atoms with Crippen LogP contribution < -0.4 is 10.6 Å². The van der Waals surface area contributed by atoms with Crippen molar-refractivity contribution in [3.63, 3.8) is 0 Å². The van der Waals surface area contributed by atoms with Crippen molar-refractivity contribution in [1.82, 2.24) is 20.4 Å². The van der Waals surface area contributed by atoms with Gasteiger partial charge in [0.1, 0.15) is 10.6 Å². The highest BCUT2D eigenvalue weighted by atomic mass is 35.5. The molecule has 2 aromatic carbocycles. The highest BCUT2D eigenvalue weighted by Gasteiger charge is 2.19. The van der Waals surface area contributed by atoms with E-state index in [1.165, 1.54) is 29.5 Å². The third kappa shape index (κ3) is 4.88. The van der Waals surface area contributed by atoms with Crippen LogP contribution in [0.4, 0.5) is 4.39 Å². The van der Waals surface area contributed by atoms with Crippen LogP contribution in [0, 0.1) is 5.82 Å². The Labute approximate surface area is 203 Å². The van der Waals surface area contributed by atoms with Crippen molar-refractivity contribution >= 4 is 56.6 Å². The first-order valence-corrected chi connectivity index (χ1v) is 11.7. The van der Waals surface area contributed by atoms with Gasteiger partial charge in [-0.25, -0.2) is 9.07 Å². The van der Waals surface area contributed by atoms with E-state index in [0.29, 0.717) is 21.3 Å². The summed E-state index contributed by atoms with van der Waals surface area (Å²) in [5.41, 5.74) is 1.58. The Kier molecular flexibility index (Phi) is 6.97. The maximum absolute atomic E-state index is 13.7. The first-order chi connectivity index (χ1) is 15.9. The van der Waals surface area contributed by atoms with E-state index >= 15 is 0 Å². The zero-order chi connectivity index (χ0) is 23.5. The lowest BCUT2D eigenvalue weighted by molar-refractivity contribution is 0.0927. The Balaban J connectivity index is 1.45. The van der Waals surface area contributed by atoms with Gasteiger partial charge >= 0.3 is 0 Å². The van der Waals surface area contributed by atoms with E-state index in [-0.39, 0.29) is 24.6 Å². The molecule has 0 radical (unpaired) electrons. The number of rotatable bonds is 7. The molecule has 4 aromatic rings. The average molecular weight is 505 g/mol. The average Bonchev–Trinajstić information content (AvgIpc) is 3.38. The van der Waals surface area contributed by atoms with Crippen LogP contribution in [-0.2, 0) is 6.42 Å². The molecule has 6 nitrogen and oxygen atoms in total. The number of nitrogens with zero attached hydrogens (tertiary/aromatic N) is 2. The van der Waals surface area contributed by atoms with E-state index in [0.717, 1.165) is 21.6 Å². The van der Waals surface area contributed by atoms with E-state index in [1.807, 2.05) is 19.1 Å². The predicted molar refractivity (Wildman–Crippen MR) is 129 cm³/mol. The number of hydrogen-bond donors (Lipinski definition) is 2. The number of carbonyl (C=O) groups is 2. The second kappa shape index (κ2) is 9.91. The summed E-state index contributed by atoms with van der Waals surface area (Å²) in [5.74, 6) is -1.38. The summed E-state index contributed by atoms with van der Waals surface area (Å²) in [6.07, 6.45) is 0.699. The van der Waals surface area contributed by atoms with Gasteiger partial charge in [0.15, 0.2) is 0 Å². The van der Waals surface area contributed by atoms with Gasteiger partial charge in [0.05, 0.1) is 31.9 Å². The van der Waals surface area contributed by atoms with Crippen molar-refractivity contribution in [3.8, 4) is 5.69 Å². The molecule has 0 saturated heterocycles. The third-order valence-electron chi connectivity index (χ3n) is 4.96. The van der Waals surface area contributed by atoms with Gasteiger partial charge in [-0.2, -0.15) is 5.10 Å². The molecule has 10 heteroatoms. The minimum atomic E-state index is -0.591. The van der Waals surface area contributed by atoms with Crippen molar-refractivity contribution in [2.75, 3.05) is 13.1 Å². The molecule has 33 heavy (non-hydrogen) atoms. The van der Waals surface area contributed by atoms with E-state index in [9.17, 15) is 14.0 Å². The molecular weight excluding hydrogens is 486 g/mol. The fourth-order valence-electron chi connectivity index (χ4n) is 3.31. The van der Waals surface area contributed by atoms with Gasteiger partial charge in [-0.3, -0.25) is 9.59 Å². The van der Waals surface area contributed by atoms with Crippen molar-refractivity contribution in [2.24, 2.45) is 0 Å². The van der Waals surface area contributed by atoms with Crippen LogP contribution in [-0.4, -0.2) is 34.7 Å². The van der Waals surface area contributed by atoms with Crippen LogP contribution in [0.5, 0.6) is 0 Å². The number of aryl methyl sites for hydroxylation is 1. The van der Waals surface area contributed by atoms with Gasteiger partial charge in [0, 0.05) is 18.5 Å². The number of nitrogens with one attached hydrogen (secondary N) is 2. The summed E-state index contributed by atoms with van der Waals surface area (Å²) >= 11 is 13.5. The van der Waals surface area contributed by atoms with Crippen molar-refractivity contribution < 1.29 is 14.0 Å². The minimum absolute atomic E-state index is 0.0349. The zero-order valence-electron chi connectivity index (χ0n) is 17.5. The Hall–Kier alpha value is -2.94. The Bertz CT molecular complexity index is 1350. The molecule has 0 unspecified atom stereocenters. The lowest BCUT2D eigenvalue weighted by Gasteiger charge is -2.07. The van der Waals surface area contributed by atoms with E-state index < -0.39 is 11.7 Å². The van der Waals surface area contributed by atoms with Gasteiger partial charge in [0.2, 0.25) is 0 Å². The Morgan fingerprint density at radius 1 is 1.03 bits per heavy atom. The molecular formula is C23H19Cl2FN4O2S. The van der Waals surface area contributed by atoms with Gasteiger partial charge in [-0.15, -0.1) is 11.3 Å². The molecule has 2 heterocycles. The van der Waals surface area contributed by atoms with Gasteiger partial charge in [-0.1, -0.05) is 42.3 Å². The lowest BCUT2D eigenvalue weighted by atomic mass is 10.2. The predicted octanol–water partition coefficient (Wildman–Crippen LogP) is 5.26. The van der Waals surface area contributed by atoms with Gasteiger partial charge < -0.3 is 10.6 Å². The largest absolute Gasteiger partial charge is 0.350 e. The maximum Gasteiger partial charge on any atom is 0.261 e. The Morgan fingerprint density at radius 3 is 2.45 bits per heavy atom. The first kappa shape index (κ1) is 23.2. The normalized spacial score (nSPS) is 11.0. The van der Waals surface area contributed by atoms with Gasteiger partial charge in [0.25, 0.3) is 11.8 Å². The molecule has 0 aliphatic heterocycles. The third-order valence-corrected chi connectivity index (χ3v) is 6.81. The van der Waals surface area contributed by atoms with E-state index in [2.05, 4.69) is 15.7 Å². The number of aromatic nitrogens is 2. The topological polar surface area (TPSA) is 76.0 Å². The number of benzene rings is 2. The molecule has 0 atom stereocenters. The minimum Gasteiger partial charge on any atom is -0.350 e. The van der Waals surface area contributed by atoms with Crippen LogP contribution in [0.1, 0.15) is 32.6 Å². The summed E-state index contributed by atoms with van der Waals surface area (Å²) in [7, 11) is 0. The summed E-state index contributed by atoms with van der Waals surface area (Å²) in [6, 6.07) is 12.8. The number of amides is 2. The molecule has 4 rings (SSSR count).